The second kappa shape index (κ2) is 6.96. The molecule has 0 aliphatic heterocycles. The first kappa shape index (κ1) is 17.9. The number of rotatable bonds is 4. The van der Waals surface area contributed by atoms with Gasteiger partial charge in [-0.1, -0.05) is 45.2 Å². The maximum Gasteiger partial charge on any atom is 0.164 e. The lowest BCUT2D eigenvalue weighted by Gasteiger charge is -2.24. The zero-order valence-corrected chi connectivity index (χ0v) is 16.2. The van der Waals surface area contributed by atoms with Crippen LogP contribution in [-0.4, -0.2) is 5.78 Å². The molecule has 0 N–H and O–H groups in total. The Bertz CT molecular complexity index is 708. The molecule has 0 amide bonds. The molecule has 1 unspecified atom stereocenters. The van der Waals surface area contributed by atoms with Gasteiger partial charge in [-0.15, -0.1) is 0 Å². The summed E-state index contributed by atoms with van der Waals surface area (Å²) in [7, 11) is 0. The van der Waals surface area contributed by atoms with Gasteiger partial charge in [0.2, 0.25) is 0 Å². The van der Waals surface area contributed by atoms with Crippen LogP contribution in [0.25, 0.3) is 0 Å². The van der Waals surface area contributed by atoms with E-state index in [1.807, 2.05) is 32.0 Å². The summed E-state index contributed by atoms with van der Waals surface area (Å²) in [6.07, 6.45) is 0.258. The molecule has 116 valence electrons. The molecule has 22 heavy (non-hydrogen) atoms. The number of hydrogen-bond donors (Lipinski definition) is 1. The zero-order chi connectivity index (χ0) is 16.5. The highest BCUT2D eigenvalue weighted by atomic mass is 79.9. The topological polar surface area (TPSA) is 17.1 Å². The summed E-state index contributed by atoms with van der Waals surface area (Å²) in [4.78, 5) is 12.5. The van der Waals surface area contributed by atoms with E-state index in [0.717, 1.165) is 15.6 Å². The van der Waals surface area contributed by atoms with Gasteiger partial charge in [-0.25, -0.2) is 0 Å². The fourth-order valence-electron chi connectivity index (χ4n) is 2.20. The van der Waals surface area contributed by atoms with Gasteiger partial charge in [0.05, 0.1) is 0 Å². The highest BCUT2D eigenvalue weighted by molar-refractivity contribution is 9.10. The van der Waals surface area contributed by atoms with Crippen LogP contribution in [0.5, 0.6) is 0 Å². The fourth-order valence-corrected chi connectivity index (χ4v) is 3.25. The third-order valence-electron chi connectivity index (χ3n) is 3.47. The number of halogens is 3. The maximum absolute atomic E-state index is 12.5. The molecule has 5 heteroatoms. The van der Waals surface area contributed by atoms with Gasteiger partial charge in [-0.3, -0.25) is 4.79 Å². The van der Waals surface area contributed by atoms with E-state index in [4.69, 9.17) is 23.2 Å². The van der Waals surface area contributed by atoms with E-state index in [1.54, 1.807) is 18.2 Å². The quantitative estimate of drug-likeness (QED) is 0.444. The fraction of sp³-hybridized carbons (Fsp3) is 0.235. The Hall–Kier alpha value is -0.480. The Morgan fingerprint density at radius 3 is 2.32 bits per heavy atom. The molecular weight excluding hydrogens is 403 g/mol. The highest BCUT2D eigenvalue weighted by Crippen LogP contribution is 2.36. The Morgan fingerprint density at radius 1 is 1.18 bits per heavy atom. The first-order chi connectivity index (χ1) is 10.2. The van der Waals surface area contributed by atoms with Crippen molar-refractivity contribution in [1.82, 2.24) is 0 Å². The van der Waals surface area contributed by atoms with Crippen LogP contribution in [-0.2, 0) is 4.75 Å². The first-order valence-electron chi connectivity index (χ1n) is 6.67. The largest absolute Gasteiger partial charge is 0.294 e. The third kappa shape index (κ3) is 4.29. The van der Waals surface area contributed by atoms with Crippen LogP contribution >= 0.6 is 51.8 Å². The van der Waals surface area contributed by atoms with Crippen molar-refractivity contribution in [3.8, 4) is 0 Å². The number of carbonyl (C=O) groups excluding carboxylic acids is 1. The molecular formula is C17H15BrCl2OS. The normalized spacial score (nSPS) is 13.7. The maximum atomic E-state index is 12.5. The van der Waals surface area contributed by atoms with Crippen molar-refractivity contribution >= 4 is 57.5 Å². The minimum atomic E-state index is -0.646. The van der Waals surface area contributed by atoms with Crippen LogP contribution < -0.4 is 0 Å². The molecule has 0 saturated heterocycles. The average molecular weight is 418 g/mol. The summed E-state index contributed by atoms with van der Waals surface area (Å²) in [5.74, 6) is 0.0317. The monoisotopic (exact) mass is 416 g/mol. The van der Waals surface area contributed by atoms with Crippen molar-refractivity contribution in [2.75, 3.05) is 0 Å². The van der Waals surface area contributed by atoms with E-state index >= 15 is 0 Å². The Morgan fingerprint density at radius 2 is 1.77 bits per heavy atom. The second-order valence-corrected chi connectivity index (χ2v) is 8.21. The number of thiol groups is 1. The van der Waals surface area contributed by atoms with Gasteiger partial charge in [0.1, 0.15) is 0 Å². The predicted octanol–water partition coefficient (Wildman–Crippen LogP) is 6.48. The van der Waals surface area contributed by atoms with Crippen molar-refractivity contribution in [2.45, 2.75) is 25.0 Å². The van der Waals surface area contributed by atoms with Gasteiger partial charge in [0.15, 0.2) is 5.78 Å². The van der Waals surface area contributed by atoms with E-state index in [-0.39, 0.29) is 12.2 Å². The smallest absolute Gasteiger partial charge is 0.164 e. The molecule has 0 fully saturated rings. The number of aryl methyl sites for hydroxylation is 1. The van der Waals surface area contributed by atoms with Crippen molar-refractivity contribution in [3.05, 3.63) is 67.6 Å². The minimum Gasteiger partial charge on any atom is -0.294 e. The molecule has 0 bridgehead atoms. The highest BCUT2D eigenvalue weighted by Gasteiger charge is 2.27. The van der Waals surface area contributed by atoms with Gasteiger partial charge in [-0.05, 0) is 55.3 Å². The van der Waals surface area contributed by atoms with Gasteiger partial charge in [-0.2, -0.15) is 12.6 Å². The lowest BCUT2D eigenvalue weighted by molar-refractivity contribution is 0.0971. The van der Waals surface area contributed by atoms with Crippen molar-refractivity contribution < 1.29 is 4.79 Å². The summed E-state index contributed by atoms with van der Waals surface area (Å²) in [5, 5.41) is 1.07. The molecule has 2 aromatic carbocycles. The predicted molar refractivity (Wildman–Crippen MR) is 101 cm³/mol. The van der Waals surface area contributed by atoms with E-state index in [9.17, 15) is 4.79 Å². The SMILES string of the molecule is Cc1cc(C(=O)CC(C)(S)c2cc(Cl)cc(Cl)c2)ccc1Br. The number of hydrogen-bond acceptors (Lipinski definition) is 2. The van der Waals surface area contributed by atoms with Crippen molar-refractivity contribution in [1.29, 1.82) is 0 Å². The van der Waals surface area contributed by atoms with Crippen LogP contribution in [0.3, 0.4) is 0 Å². The Balaban J connectivity index is 2.27. The van der Waals surface area contributed by atoms with E-state index in [2.05, 4.69) is 28.6 Å². The summed E-state index contributed by atoms with van der Waals surface area (Å²) < 4.78 is 0.339. The molecule has 0 aliphatic carbocycles. The zero-order valence-electron chi connectivity index (χ0n) is 12.2. The number of ketones is 1. The van der Waals surface area contributed by atoms with Gasteiger partial charge in [0, 0.05) is 31.2 Å². The van der Waals surface area contributed by atoms with Crippen molar-refractivity contribution in [2.24, 2.45) is 0 Å². The molecule has 0 heterocycles. The molecule has 2 aromatic rings. The second-order valence-electron chi connectivity index (χ2n) is 5.50. The summed E-state index contributed by atoms with van der Waals surface area (Å²) in [6.45, 7) is 3.85. The molecule has 0 aliphatic rings. The summed E-state index contributed by atoms with van der Waals surface area (Å²) in [6, 6.07) is 10.8. The molecule has 1 nitrogen and oxygen atoms in total. The molecule has 0 radical (unpaired) electrons. The first-order valence-corrected chi connectivity index (χ1v) is 8.67. The molecule has 0 saturated carbocycles. The molecule has 0 spiro atoms. The van der Waals surface area contributed by atoms with Gasteiger partial charge < -0.3 is 0 Å². The summed E-state index contributed by atoms with van der Waals surface area (Å²) >= 11 is 20.2. The van der Waals surface area contributed by atoms with E-state index in [1.165, 1.54) is 0 Å². The lowest BCUT2D eigenvalue weighted by Crippen LogP contribution is -2.19. The average Bonchev–Trinajstić information content (AvgIpc) is 2.40. The Labute approximate surface area is 154 Å². The van der Waals surface area contributed by atoms with Crippen LogP contribution in [0.2, 0.25) is 10.0 Å². The Kier molecular flexibility index (Phi) is 5.65. The van der Waals surface area contributed by atoms with Gasteiger partial charge >= 0.3 is 0 Å². The molecule has 0 aromatic heterocycles. The molecule has 1 atom stereocenters. The van der Waals surface area contributed by atoms with Crippen LogP contribution in [0.4, 0.5) is 0 Å². The minimum absolute atomic E-state index is 0.0317. The number of benzene rings is 2. The third-order valence-corrected chi connectivity index (χ3v) is 5.21. The van der Waals surface area contributed by atoms with Crippen LogP contribution in [0.15, 0.2) is 40.9 Å². The molecule has 2 rings (SSSR count). The standard InChI is InChI=1S/C17H15BrCl2OS/c1-10-5-11(3-4-15(10)18)16(21)9-17(2,22)12-6-13(19)8-14(20)7-12/h3-8,22H,9H2,1-2H3. The number of carbonyl (C=O) groups is 1. The van der Waals surface area contributed by atoms with Crippen LogP contribution in [0, 0.1) is 6.92 Å². The lowest BCUT2D eigenvalue weighted by atomic mass is 9.92. The van der Waals surface area contributed by atoms with E-state index in [0.29, 0.717) is 15.6 Å². The summed E-state index contributed by atoms with van der Waals surface area (Å²) in [5.41, 5.74) is 2.53. The van der Waals surface area contributed by atoms with Gasteiger partial charge in [0.25, 0.3) is 0 Å². The van der Waals surface area contributed by atoms with Crippen molar-refractivity contribution in [3.63, 3.8) is 0 Å². The van der Waals surface area contributed by atoms with Crippen LogP contribution in [0.1, 0.15) is 34.8 Å². The van der Waals surface area contributed by atoms with E-state index < -0.39 is 4.75 Å². The number of Topliss-reactive ketones (excluding diaryl/α,β-unsaturated/α-hetero) is 1.